The van der Waals surface area contributed by atoms with Gasteiger partial charge in [-0.2, -0.15) is 0 Å². The number of hydrogen-bond donors (Lipinski definition) is 3. The largest absolute Gasteiger partial charge is 0.326 e. The first-order valence-electron chi connectivity index (χ1n) is 9.17. The maximum atomic E-state index is 12.8. The van der Waals surface area contributed by atoms with E-state index in [1.165, 1.54) is 11.8 Å². The highest BCUT2D eigenvalue weighted by molar-refractivity contribution is 7.98. The molecule has 0 saturated carbocycles. The molecule has 152 valence electrons. The molecule has 0 fully saturated rings. The highest BCUT2D eigenvalue weighted by Crippen LogP contribution is 2.31. The summed E-state index contributed by atoms with van der Waals surface area (Å²) in [5.74, 6) is -1.05. The van der Waals surface area contributed by atoms with Crippen LogP contribution in [0.4, 0.5) is 11.5 Å². The van der Waals surface area contributed by atoms with Crippen LogP contribution in [0.2, 0.25) is 5.02 Å². The van der Waals surface area contributed by atoms with Crippen molar-refractivity contribution < 1.29 is 9.59 Å². The van der Waals surface area contributed by atoms with Crippen molar-refractivity contribution in [3.63, 3.8) is 0 Å². The van der Waals surface area contributed by atoms with Crippen molar-refractivity contribution in [2.75, 3.05) is 10.6 Å². The topological polar surface area (TPSA) is 104 Å². The lowest BCUT2D eigenvalue weighted by atomic mass is 9.92. The molecule has 1 aliphatic heterocycles. The van der Waals surface area contributed by atoms with E-state index in [9.17, 15) is 14.4 Å². The van der Waals surface area contributed by atoms with E-state index in [-0.39, 0.29) is 23.7 Å². The smallest absolute Gasteiger partial charge is 0.257 e. The molecule has 0 aliphatic carbocycles. The van der Waals surface area contributed by atoms with Gasteiger partial charge in [0.1, 0.15) is 5.82 Å². The molecule has 2 aromatic carbocycles. The number of thioether (sulfide) groups is 1. The highest BCUT2D eigenvalue weighted by atomic mass is 35.5. The van der Waals surface area contributed by atoms with Crippen LogP contribution in [0.1, 0.15) is 23.5 Å². The van der Waals surface area contributed by atoms with Crippen LogP contribution in [-0.4, -0.2) is 21.8 Å². The fourth-order valence-corrected chi connectivity index (χ4v) is 4.19. The average Bonchev–Trinajstić information content (AvgIpc) is 2.72. The molecule has 3 N–H and O–H groups in total. The van der Waals surface area contributed by atoms with E-state index in [0.717, 1.165) is 5.56 Å². The number of nitrogens with one attached hydrogen (secondary N) is 3. The van der Waals surface area contributed by atoms with E-state index < -0.39 is 17.4 Å². The number of carbonyl (C=O) groups is 2. The number of benzene rings is 2. The van der Waals surface area contributed by atoms with Crippen LogP contribution in [0.3, 0.4) is 0 Å². The number of amides is 2. The Morgan fingerprint density at radius 3 is 2.73 bits per heavy atom. The molecular formula is C21H17ClN4O3S. The van der Waals surface area contributed by atoms with Gasteiger partial charge in [-0.05, 0) is 29.8 Å². The number of H-pyrrole nitrogens is 1. The average molecular weight is 441 g/mol. The molecule has 1 atom stereocenters. The Morgan fingerprint density at radius 2 is 1.97 bits per heavy atom. The lowest BCUT2D eigenvalue weighted by Crippen LogP contribution is -2.36. The van der Waals surface area contributed by atoms with E-state index in [4.69, 9.17) is 11.6 Å². The number of anilines is 2. The number of hydrogen-bond acceptors (Lipinski definition) is 5. The van der Waals surface area contributed by atoms with Crippen LogP contribution in [0.15, 0.2) is 64.5 Å². The number of halogens is 1. The first-order valence-corrected chi connectivity index (χ1v) is 10.5. The SMILES string of the molecule is O=C1CC(C(=O)Nc2ccccc2)c2c(nc(SCc3cccc(Cl)c3)[nH]c2=O)N1. The molecule has 0 saturated heterocycles. The van der Waals surface area contributed by atoms with Crippen molar-refractivity contribution in [1.29, 1.82) is 0 Å². The van der Waals surface area contributed by atoms with Gasteiger partial charge in [-0.15, -0.1) is 0 Å². The third kappa shape index (κ3) is 4.55. The number of carbonyl (C=O) groups excluding carboxylic acids is 2. The number of para-hydroxylation sites is 1. The predicted octanol–water partition coefficient (Wildman–Crippen LogP) is 3.78. The summed E-state index contributed by atoms with van der Waals surface area (Å²) >= 11 is 7.30. The first-order chi connectivity index (χ1) is 14.5. The van der Waals surface area contributed by atoms with Crippen molar-refractivity contribution in [2.24, 2.45) is 0 Å². The van der Waals surface area contributed by atoms with Crippen molar-refractivity contribution in [2.45, 2.75) is 23.2 Å². The second-order valence-corrected chi connectivity index (χ2v) is 8.11. The monoisotopic (exact) mass is 440 g/mol. The Bertz CT molecular complexity index is 1170. The minimum Gasteiger partial charge on any atom is -0.326 e. The Labute approximate surface area is 181 Å². The summed E-state index contributed by atoms with van der Waals surface area (Å²) in [5, 5.41) is 6.34. The molecule has 1 aromatic heterocycles. The van der Waals surface area contributed by atoms with Gasteiger partial charge < -0.3 is 15.6 Å². The lowest BCUT2D eigenvalue weighted by molar-refractivity contribution is -0.123. The van der Waals surface area contributed by atoms with Crippen molar-refractivity contribution in [1.82, 2.24) is 9.97 Å². The van der Waals surface area contributed by atoms with Gasteiger partial charge in [-0.3, -0.25) is 14.4 Å². The minimum atomic E-state index is -0.919. The molecule has 1 aliphatic rings. The van der Waals surface area contributed by atoms with E-state index >= 15 is 0 Å². The van der Waals surface area contributed by atoms with E-state index in [1.54, 1.807) is 30.3 Å². The second kappa shape index (κ2) is 8.73. The Kier molecular flexibility index (Phi) is 5.87. The lowest BCUT2D eigenvalue weighted by Gasteiger charge is -2.23. The number of fused-ring (bicyclic) bond motifs is 1. The minimum absolute atomic E-state index is 0.120. The molecule has 0 radical (unpaired) electrons. The molecule has 0 bridgehead atoms. The Hall–Kier alpha value is -3.10. The van der Waals surface area contributed by atoms with Crippen molar-refractivity contribution >= 4 is 46.7 Å². The molecule has 3 aromatic rings. The predicted molar refractivity (Wildman–Crippen MR) is 117 cm³/mol. The normalized spacial score (nSPS) is 15.2. The molecule has 1 unspecified atom stereocenters. The molecule has 2 amide bonds. The van der Waals surface area contributed by atoms with Crippen LogP contribution in [-0.2, 0) is 15.3 Å². The van der Waals surface area contributed by atoms with Crippen LogP contribution < -0.4 is 16.2 Å². The van der Waals surface area contributed by atoms with Gasteiger partial charge in [0.15, 0.2) is 5.16 Å². The standard InChI is InChI=1S/C21H17ClN4O3S/c22-13-6-4-5-12(9-13)11-30-21-25-18-17(20(29)26-21)15(10-16(27)24-18)19(28)23-14-7-2-1-3-8-14/h1-9,15H,10-11H2,(H,23,28)(H2,24,25,26,27,29). The van der Waals surface area contributed by atoms with Gasteiger partial charge in [0.2, 0.25) is 11.8 Å². The van der Waals surface area contributed by atoms with Crippen LogP contribution in [0, 0.1) is 0 Å². The van der Waals surface area contributed by atoms with Gasteiger partial charge in [0, 0.05) is 22.9 Å². The molecular weight excluding hydrogens is 424 g/mol. The summed E-state index contributed by atoms with van der Waals surface area (Å²) < 4.78 is 0. The second-order valence-electron chi connectivity index (χ2n) is 6.71. The summed E-state index contributed by atoms with van der Waals surface area (Å²) in [6.07, 6.45) is -0.120. The van der Waals surface area contributed by atoms with Gasteiger partial charge >= 0.3 is 0 Å². The number of aromatic amines is 1. The molecule has 4 rings (SSSR count). The number of nitrogens with zero attached hydrogens (tertiary/aromatic N) is 1. The zero-order valence-electron chi connectivity index (χ0n) is 15.6. The maximum Gasteiger partial charge on any atom is 0.257 e. The van der Waals surface area contributed by atoms with E-state index in [1.807, 2.05) is 24.3 Å². The fraction of sp³-hybridized carbons (Fsp3) is 0.143. The van der Waals surface area contributed by atoms with Gasteiger partial charge in [-0.25, -0.2) is 4.98 Å². The molecule has 9 heteroatoms. The summed E-state index contributed by atoms with van der Waals surface area (Å²) in [6, 6.07) is 16.2. The highest BCUT2D eigenvalue weighted by Gasteiger charge is 2.34. The Balaban J connectivity index is 1.58. The summed E-state index contributed by atoms with van der Waals surface area (Å²) in [4.78, 5) is 44.8. The summed E-state index contributed by atoms with van der Waals surface area (Å²) in [7, 11) is 0. The summed E-state index contributed by atoms with van der Waals surface area (Å²) in [5.41, 5.74) is 1.28. The maximum absolute atomic E-state index is 12.8. The van der Waals surface area contributed by atoms with E-state index in [0.29, 0.717) is 21.6 Å². The van der Waals surface area contributed by atoms with Crippen molar-refractivity contribution in [3.8, 4) is 0 Å². The Morgan fingerprint density at radius 1 is 1.17 bits per heavy atom. The zero-order chi connectivity index (χ0) is 21.1. The molecule has 30 heavy (non-hydrogen) atoms. The quantitative estimate of drug-likeness (QED) is 0.413. The van der Waals surface area contributed by atoms with E-state index in [2.05, 4.69) is 20.6 Å². The van der Waals surface area contributed by atoms with Gasteiger partial charge in [0.25, 0.3) is 5.56 Å². The van der Waals surface area contributed by atoms with Crippen LogP contribution in [0.25, 0.3) is 0 Å². The fourth-order valence-electron chi connectivity index (χ4n) is 3.17. The number of rotatable bonds is 5. The van der Waals surface area contributed by atoms with Gasteiger partial charge in [0.05, 0.1) is 11.5 Å². The molecule has 2 heterocycles. The first kappa shape index (κ1) is 20.2. The molecule has 7 nitrogen and oxygen atoms in total. The van der Waals surface area contributed by atoms with Crippen molar-refractivity contribution in [3.05, 3.63) is 81.1 Å². The van der Waals surface area contributed by atoms with Crippen LogP contribution in [0.5, 0.6) is 0 Å². The van der Waals surface area contributed by atoms with Crippen LogP contribution >= 0.6 is 23.4 Å². The third-order valence-electron chi connectivity index (χ3n) is 4.55. The summed E-state index contributed by atoms with van der Waals surface area (Å²) in [6.45, 7) is 0. The zero-order valence-corrected chi connectivity index (χ0v) is 17.2. The number of aromatic nitrogens is 2. The third-order valence-corrected chi connectivity index (χ3v) is 5.73. The molecule has 0 spiro atoms. The van der Waals surface area contributed by atoms with Gasteiger partial charge in [-0.1, -0.05) is 53.7 Å².